The number of halogens is 3. The predicted octanol–water partition coefficient (Wildman–Crippen LogP) is -1.07. The molecule has 2 aromatic rings. The average molecular weight is 238 g/mol. The minimum absolute atomic E-state index is 0. The van der Waals surface area contributed by atoms with Crippen LogP contribution in [-0.2, 0) is 0 Å². The molecule has 0 radical (unpaired) electrons. The summed E-state index contributed by atoms with van der Waals surface area (Å²) in [5.74, 6) is 0. The van der Waals surface area contributed by atoms with Crippen LogP contribution in [0, 0.1) is 6.92 Å². The first-order chi connectivity index (χ1) is 6.48. The number of aromatic amines is 1. The number of fused-ring (bicyclic) bond motifs is 1. The van der Waals surface area contributed by atoms with E-state index in [1.165, 1.54) is 6.07 Å². The number of nitrogens with one attached hydrogen (secondary N) is 1. The standard InChI is InChI=1S/C8H7BF3N2.K/c1-5-7-4-6(9(10,11)12)2-3-8(7)14-13-5;/h2-4H,1H3,(H,13,14);/q-1;+1. The van der Waals surface area contributed by atoms with Gasteiger partial charge >= 0.3 is 58.4 Å². The Bertz CT molecular complexity index is 480. The van der Waals surface area contributed by atoms with Crippen LogP contribution in [0.15, 0.2) is 18.2 Å². The molecule has 0 saturated heterocycles. The second-order valence-corrected chi connectivity index (χ2v) is 3.20. The SMILES string of the molecule is Cc1[nH]nc2ccc([B-](F)(F)F)cc12.[K+]. The van der Waals surface area contributed by atoms with E-state index in [2.05, 4.69) is 10.2 Å². The molecule has 2 rings (SSSR count). The number of hydrogen-bond donors (Lipinski definition) is 1. The fourth-order valence-corrected chi connectivity index (χ4v) is 1.36. The maximum atomic E-state index is 12.4. The van der Waals surface area contributed by atoms with Crippen LogP contribution in [0.4, 0.5) is 12.9 Å². The molecule has 74 valence electrons. The summed E-state index contributed by atoms with van der Waals surface area (Å²) in [6.07, 6.45) is 0. The number of rotatable bonds is 1. The van der Waals surface area contributed by atoms with E-state index in [0.717, 1.165) is 12.1 Å². The number of benzene rings is 1. The van der Waals surface area contributed by atoms with Crippen LogP contribution < -0.4 is 56.8 Å². The summed E-state index contributed by atoms with van der Waals surface area (Å²) in [5.41, 5.74) is 0.634. The Hall–Kier alpha value is 0.181. The van der Waals surface area contributed by atoms with Crippen molar-refractivity contribution in [2.45, 2.75) is 6.92 Å². The van der Waals surface area contributed by atoms with E-state index < -0.39 is 12.4 Å². The summed E-state index contributed by atoms with van der Waals surface area (Å²) >= 11 is 0. The molecule has 1 heterocycles. The molecule has 0 unspecified atom stereocenters. The van der Waals surface area contributed by atoms with Crippen molar-refractivity contribution in [3.05, 3.63) is 23.9 Å². The van der Waals surface area contributed by atoms with Crippen LogP contribution >= 0.6 is 0 Å². The maximum Gasteiger partial charge on any atom is 1.00 e. The molecule has 0 amide bonds. The Morgan fingerprint density at radius 3 is 2.53 bits per heavy atom. The fourth-order valence-electron chi connectivity index (χ4n) is 1.36. The van der Waals surface area contributed by atoms with Crippen LogP contribution in [-0.4, -0.2) is 17.2 Å². The van der Waals surface area contributed by atoms with Gasteiger partial charge in [0.15, 0.2) is 0 Å². The molecule has 1 aromatic heterocycles. The van der Waals surface area contributed by atoms with Crippen LogP contribution in [0.3, 0.4) is 0 Å². The number of aromatic nitrogens is 2. The fraction of sp³-hybridized carbons (Fsp3) is 0.125. The zero-order chi connectivity index (χ0) is 10.3. The molecule has 1 N–H and O–H groups in total. The van der Waals surface area contributed by atoms with Crippen molar-refractivity contribution in [3.63, 3.8) is 0 Å². The monoisotopic (exact) mass is 238 g/mol. The zero-order valence-electron chi connectivity index (χ0n) is 8.39. The van der Waals surface area contributed by atoms with Crippen molar-refractivity contribution < 1.29 is 64.3 Å². The average Bonchev–Trinajstić information content (AvgIpc) is 2.46. The molecule has 0 fully saturated rings. The summed E-state index contributed by atoms with van der Waals surface area (Å²) in [7, 11) is 0. The molecule has 0 spiro atoms. The van der Waals surface area contributed by atoms with Gasteiger partial charge in [-0.25, -0.2) is 0 Å². The predicted molar refractivity (Wildman–Crippen MR) is 49.5 cm³/mol. The first kappa shape index (κ1) is 13.2. The summed E-state index contributed by atoms with van der Waals surface area (Å²) in [5, 5.41) is 7.03. The van der Waals surface area contributed by atoms with Gasteiger partial charge in [-0.1, -0.05) is 12.1 Å². The molecule has 15 heavy (non-hydrogen) atoms. The Balaban J connectivity index is 0.00000112. The molecule has 0 saturated carbocycles. The Kier molecular flexibility index (Phi) is 4.05. The summed E-state index contributed by atoms with van der Waals surface area (Å²) in [6, 6.07) is 3.57. The third kappa shape index (κ3) is 2.65. The van der Waals surface area contributed by atoms with Gasteiger partial charge in [0.2, 0.25) is 0 Å². The second kappa shape index (κ2) is 4.59. The van der Waals surface area contributed by atoms with E-state index in [9.17, 15) is 12.9 Å². The normalized spacial score (nSPS) is 11.5. The number of aryl methyl sites for hydroxylation is 1. The first-order valence-corrected chi connectivity index (χ1v) is 4.13. The molecule has 2 nitrogen and oxygen atoms in total. The smallest absolute Gasteiger partial charge is 0.445 e. The van der Waals surface area contributed by atoms with Crippen molar-refractivity contribution in [1.82, 2.24) is 10.2 Å². The summed E-state index contributed by atoms with van der Waals surface area (Å²) in [4.78, 5) is 0. The molecule has 0 aliphatic heterocycles. The minimum atomic E-state index is -4.92. The van der Waals surface area contributed by atoms with Gasteiger partial charge in [-0.05, 0) is 13.0 Å². The Labute approximate surface area is 127 Å². The van der Waals surface area contributed by atoms with E-state index in [1.807, 2.05) is 0 Å². The minimum Gasteiger partial charge on any atom is -0.445 e. The zero-order valence-corrected chi connectivity index (χ0v) is 11.5. The molecular weight excluding hydrogens is 231 g/mol. The van der Waals surface area contributed by atoms with Gasteiger partial charge in [-0.2, -0.15) is 5.10 Å². The van der Waals surface area contributed by atoms with Gasteiger partial charge in [-0.15, -0.1) is 5.46 Å². The molecule has 0 bridgehead atoms. The molecule has 7 heteroatoms. The van der Waals surface area contributed by atoms with Crippen molar-refractivity contribution in [1.29, 1.82) is 0 Å². The summed E-state index contributed by atoms with van der Waals surface area (Å²) in [6.45, 7) is -3.22. The van der Waals surface area contributed by atoms with Crippen molar-refractivity contribution in [2.75, 3.05) is 0 Å². The van der Waals surface area contributed by atoms with Gasteiger partial charge in [0.1, 0.15) is 0 Å². The molecular formula is C8H7BF3KN2. The molecule has 0 aliphatic carbocycles. The maximum absolute atomic E-state index is 12.4. The van der Waals surface area contributed by atoms with Gasteiger partial charge in [0, 0.05) is 11.1 Å². The number of H-pyrrole nitrogens is 1. The third-order valence-corrected chi connectivity index (χ3v) is 2.15. The van der Waals surface area contributed by atoms with Crippen LogP contribution in [0.2, 0.25) is 0 Å². The van der Waals surface area contributed by atoms with Gasteiger partial charge in [0.25, 0.3) is 0 Å². The Morgan fingerprint density at radius 1 is 1.27 bits per heavy atom. The second-order valence-electron chi connectivity index (χ2n) is 3.20. The van der Waals surface area contributed by atoms with Gasteiger partial charge in [-0.3, -0.25) is 5.10 Å². The van der Waals surface area contributed by atoms with Crippen LogP contribution in [0.25, 0.3) is 10.9 Å². The van der Waals surface area contributed by atoms with Crippen LogP contribution in [0.1, 0.15) is 5.69 Å². The first-order valence-electron chi connectivity index (χ1n) is 4.13. The quantitative estimate of drug-likeness (QED) is 0.630. The molecule has 0 aliphatic rings. The largest absolute Gasteiger partial charge is 1.00 e. The molecule has 1 aromatic carbocycles. The van der Waals surface area contributed by atoms with E-state index in [4.69, 9.17) is 0 Å². The Morgan fingerprint density at radius 2 is 1.93 bits per heavy atom. The number of hydrogen-bond acceptors (Lipinski definition) is 1. The van der Waals surface area contributed by atoms with E-state index in [-0.39, 0.29) is 51.4 Å². The summed E-state index contributed by atoms with van der Waals surface area (Å²) < 4.78 is 37.2. The van der Waals surface area contributed by atoms with Gasteiger partial charge in [0.05, 0.1) is 5.52 Å². The van der Waals surface area contributed by atoms with E-state index >= 15 is 0 Å². The number of nitrogens with zero attached hydrogens (tertiary/aromatic N) is 1. The molecule has 0 atom stereocenters. The van der Waals surface area contributed by atoms with Crippen LogP contribution in [0.5, 0.6) is 0 Å². The topological polar surface area (TPSA) is 28.7 Å². The van der Waals surface area contributed by atoms with Crippen molar-refractivity contribution >= 4 is 23.3 Å². The van der Waals surface area contributed by atoms with E-state index in [0.29, 0.717) is 16.6 Å². The third-order valence-electron chi connectivity index (χ3n) is 2.15. The van der Waals surface area contributed by atoms with Crippen molar-refractivity contribution in [2.24, 2.45) is 0 Å². The van der Waals surface area contributed by atoms with Gasteiger partial charge < -0.3 is 12.9 Å². The van der Waals surface area contributed by atoms with E-state index in [1.54, 1.807) is 6.92 Å². The van der Waals surface area contributed by atoms with Crippen molar-refractivity contribution in [3.8, 4) is 0 Å².